The summed E-state index contributed by atoms with van der Waals surface area (Å²) in [5.41, 5.74) is 7.63. The predicted octanol–water partition coefficient (Wildman–Crippen LogP) is 0.528. The predicted molar refractivity (Wildman–Crippen MR) is 112 cm³/mol. The Morgan fingerprint density at radius 2 is 1.90 bits per heavy atom. The first-order valence-electron chi connectivity index (χ1n) is 9.78. The second-order valence-electron chi connectivity index (χ2n) is 7.40. The zero-order valence-corrected chi connectivity index (χ0v) is 16.9. The van der Waals surface area contributed by atoms with E-state index in [-0.39, 0.29) is 30.5 Å². The monoisotopic (exact) mass is 425 g/mol. The van der Waals surface area contributed by atoms with Crippen LogP contribution < -0.4 is 16.4 Å². The van der Waals surface area contributed by atoms with Crippen molar-refractivity contribution in [2.45, 2.75) is 38.6 Å². The molecule has 2 aliphatic rings. The average Bonchev–Trinajstić information content (AvgIpc) is 3.12. The lowest BCUT2D eigenvalue weighted by atomic mass is 9.94. The van der Waals surface area contributed by atoms with E-state index in [0.717, 1.165) is 11.1 Å². The fraction of sp³-hybridized carbons (Fsp3) is 0.333. The summed E-state index contributed by atoms with van der Waals surface area (Å²) in [6.07, 6.45) is 3.08. The van der Waals surface area contributed by atoms with E-state index >= 15 is 0 Å². The van der Waals surface area contributed by atoms with E-state index in [9.17, 15) is 24.3 Å². The Kier molecular flexibility index (Phi) is 6.58. The molecular formula is C21H23N5O5. The van der Waals surface area contributed by atoms with E-state index in [1.54, 1.807) is 30.5 Å². The first-order chi connectivity index (χ1) is 14.7. The molecule has 1 aromatic carbocycles. The van der Waals surface area contributed by atoms with E-state index in [4.69, 9.17) is 5.73 Å². The Morgan fingerprint density at radius 3 is 2.55 bits per heavy atom. The summed E-state index contributed by atoms with van der Waals surface area (Å²) in [5.74, 6) is -2.29. The van der Waals surface area contributed by atoms with Crippen LogP contribution in [0.15, 0.2) is 46.0 Å². The van der Waals surface area contributed by atoms with E-state index in [0.29, 0.717) is 24.2 Å². The van der Waals surface area contributed by atoms with Gasteiger partial charge < -0.3 is 26.3 Å². The van der Waals surface area contributed by atoms with Crippen LogP contribution in [0.5, 0.6) is 0 Å². The van der Waals surface area contributed by atoms with Crippen molar-refractivity contribution in [1.29, 1.82) is 0 Å². The number of benzene rings is 1. The number of nitrogens with two attached hydrogens (primary N) is 1. The zero-order valence-electron chi connectivity index (χ0n) is 16.9. The number of carboxylic acid groups (broad SMARTS) is 1. The molecule has 0 spiro atoms. The van der Waals surface area contributed by atoms with Crippen LogP contribution in [0.4, 0.5) is 0 Å². The number of amides is 2. The third kappa shape index (κ3) is 5.41. The molecule has 0 bridgehead atoms. The van der Waals surface area contributed by atoms with Crippen molar-refractivity contribution in [2.24, 2.45) is 21.6 Å². The summed E-state index contributed by atoms with van der Waals surface area (Å²) in [5, 5.41) is 14.6. The molecular weight excluding hydrogens is 402 g/mol. The number of carbonyl (C=O) groups excluding carboxylic acids is 3. The van der Waals surface area contributed by atoms with Crippen molar-refractivity contribution in [2.75, 3.05) is 0 Å². The van der Waals surface area contributed by atoms with Gasteiger partial charge in [-0.15, -0.1) is 0 Å². The number of aryl methyl sites for hydroxylation is 1. The van der Waals surface area contributed by atoms with Gasteiger partial charge in [-0.3, -0.25) is 9.59 Å². The molecule has 2 amide bonds. The lowest BCUT2D eigenvalue weighted by molar-refractivity contribution is -0.139. The minimum Gasteiger partial charge on any atom is -0.480 e. The Morgan fingerprint density at radius 1 is 1.19 bits per heavy atom. The number of amidine groups is 1. The normalized spacial score (nSPS) is 18.2. The smallest absolute Gasteiger partial charge is 0.326 e. The van der Waals surface area contributed by atoms with Crippen molar-refractivity contribution >= 4 is 35.4 Å². The molecule has 0 radical (unpaired) electrons. The van der Waals surface area contributed by atoms with Crippen LogP contribution in [0.1, 0.15) is 42.1 Å². The molecule has 31 heavy (non-hydrogen) atoms. The van der Waals surface area contributed by atoms with Crippen molar-refractivity contribution in [1.82, 2.24) is 10.6 Å². The van der Waals surface area contributed by atoms with Gasteiger partial charge in [0.1, 0.15) is 23.6 Å². The molecule has 10 heteroatoms. The maximum absolute atomic E-state index is 12.4. The molecule has 0 aromatic heterocycles. The Labute approximate surface area is 178 Å². The second-order valence-corrected chi connectivity index (χ2v) is 7.40. The third-order valence-corrected chi connectivity index (χ3v) is 5.06. The number of guanidine groups is 1. The molecule has 0 aliphatic carbocycles. The van der Waals surface area contributed by atoms with Crippen LogP contribution >= 0.6 is 0 Å². The highest BCUT2D eigenvalue weighted by Gasteiger charge is 2.35. The Hall–Kier alpha value is -3.82. The van der Waals surface area contributed by atoms with Crippen molar-refractivity contribution < 1.29 is 24.3 Å². The van der Waals surface area contributed by atoms with Crippen molar-refractivity contribution in [3.05, 3.63) is 47.2 Å². The summed E-state index contributed by atoms with van der Waals surface area (Å²) in [4.78, 5) is 54.6. The Bertz CT molecular complexity index is 1010. The van der Waals surface area contributed by atoms with Gasteiger partial charge in [0, 0.05) is 18.2 Å². The molecule has 0 saturated heterocycles. The fourth-order valence-electron chi connectivity index (χ4n) is 3.38. The number of hydrogen-bond donors (Lipinski definition) is 4. The minimum absolute atomic E-state index is 0.0402. The minimum atomic E-state index is -1.18. The standard InChI is InChI=1S/C21H23N5O5/c1-11(27)2-9-15(20(30)31)24-18(28)13-6-3-12(4-7-13)5-8-14-10-23-17-16(14)19(29)26-21(22)25-17/h3-4,6-7,10,15-16H,2,5,8-9H2,1H3,(H,24,28)(H,30,31)(H3,22,23,25,26,29)/t15-,16?/m0/s1. The van der Waals surface area contributed by atoms with Gasteiger partial charge in [0.2, 0.25) is 5.96 Å². The SMILES string of the molecule is CC(=O)CC[C@H](NC(=O)c1ccc(CCC2=CNC3=NC(N)=NC(=O)C23)cc1)C(=O)O. The molecule has 0 saturated carbocycles. The number of aliphatic carboxylic acids is 1. The largest absolute Gasteiger partial charge is 0.480 e. The van der Waals surface area contributed by atoms with Crippen LogP contribution in [0.3, 0.4) is 0 Å². The molecule has 3 rings (SSSR count). The van der Waals surface area contributed by atoms with E-state index in [2.05, 4.69) is 20.6 Å². The quantitative estimate of drug-likeness (QED) is 0.448. The van der Waals surface area contributed by atoms with E-state index in [1.165, 1.54) is 6.92 Å². The molecule has 2 heterocycles. The highest BCUT2D eigenvalue weighted by molar-refractivity contribution is 6.17. The third-order valence-electron chi connectivity index (χ3n) is 5.06. The van der Waals surface area contributed by atoms with Crippen LogP contribution in [-0.2, 0) is 20.8 Å². The van der Waals surface area contributed by atoms with Crippen LogP contribution in [0.2, 0.25) is 0 Å². The number of aliphatic imine (C=N–C) groups is 2. The molecule has 1 unspecified atom stereocenters. The molecule has 10 nitrogen and oxygen atoms in total. The number of nitrogens with zero attached hydrogens (tertiary/aromatic N) is 2. The molecule has 1 aromatic rings. The summed E-state index contributed by atoms with van der Waals surface area (Å²) >= 11 is 0. The van der Waals surface area contributed by atoms with Gasteiger partial charge in [0.15, 0.2) is 0 Å². The number of carbonyl (C=O) groups is 4. The van der Waals surface area contributed by atoms with Crippen molar-refractivity contribution in [3.8, 4) is 0 Å². The van der Waals surface area contributed by atoms with Gasteiger partial charge >= 0.3 is 5.97 Å². The first-order valence-corrected chi connectivity index (χ1v) is 9.78. The molecule has 5 N–H and O–H groups in total. The number of fused-ring (bicyclic) bond motifs is 1. The van der Waals surface area contributed by atoms with Crippen LogP contribution in [0, 0.1) is 5.92 Å². The van der Waals surface area contributed by atoms with Gasteiger partial charge in [-0.05, 0) is 49.5 Å². The summed E-state index contributed by atoms with van der Waals surface area (Å²) in [7, 11) is 0. The molecule has 162 valence electrons. The van der Waals surface area contributed by atoms with Crippen molar-refractivity contribution in [3.63, 3.8) is 0 Å². The lowest BCUT2D eigenvalue weighted by Crippen LogP contribution is -2.41. The Balaban J connectivity index is 1.56. The van der Waals surface area contributed by atoms with E-state index in [1.807, 2.05) is 0 Å². The number of rotatable bonds is 9. The number of Topliss-reactive ketones (excluding diaryl/α,β-unsaturated/α-hetero) is 1. The number of carboxylic acids is 1. The van der Waals surface area contributed by atoms with Crippen LogP contribution in [0.25, 0.3) is 0 Å². The van der Waals surface area contributed by atoms with Gasteiger partial charge in [0.25, 0.3) is 11.8 Å². The van der Waals surface area contributed by atoms with Gasteiger partial charge in [0.05, 0.1) is 0 Å². The molecule has 2 aliphatic heterocycles. The molecule has 0 fully saturated rings. The van der Waals surface area contributed by atoms with E-state index < -0.39 is 23.8 Å². The maximum Gasteiger partial charge on any atom is 0.326 e. The first kappa shape index (κ1) is 21.9. The lowest BCUT2D eigenvalue weighted by Gasteiger charge is -2.15. The highest BCUT2D eigenvalue weighted by Crippen LogP contribution is 2.26. The van der Waals surface area contributed by atoms with Gasteiger partial charge in [-0.1, -0.05) is 12.1 Å². The summed E-state index contributed by atoms with van der Waals surface area (Å²) in [6.45, 7) is 1.37. The number of ketones is 1. The van der Waals surface area contributed by atoms with Gasteiger partial charge in [-0.25, -0.2) is 4.79 Å². The van der Waals surface area contributed by atoms with Crippen LogP contribution in [-0.4, -0.2) is 46.5 Å². The summed E-state index contributed by atoms with van der Waals surface area (Å²) in [6, 6.07) is 5.64. The average molecular weight is 425 g/mol. The number of nitrogens with one attached hydrogen (secondary N) is 2. The zero-order chi connectivity index (χ0) is 22.5. The second kappa shape index (κ2) is 9.33. The highest BCUT2D eigenvalue weighted by atomic mass is 16.4. The van der Waals surface area contributed by atoms with Gasteiger partial charge in [-0.2, -0.15) is 9.98 Å². The maximum atomic E-state index is 12.4. The summed E-state index contributed by atoms with van der Waals surface area (Å²) < 4.78 is 0. The fourth-order valence-corrected chi connectivity index (χ4v) is 3.38. The topological polar surface area (TPSA) is 163 Å². The number of hydrogen-bond acceptors (Lipinski definition) is 7. The molecule has 2 atom stereocenters.